The Labute approximate surface area is 105 Å². The summed E-state index contributed by atoms with van der Waals surface area (Å²) in [7, 11) is 2.14. The van der Waals surface area contributed by atoms with Crippen LogP contribution in [-0.4, -0.2) is 61.0 Å². The van der Waals surface area contributed by atoms with Crippen molar-refractivity contribution < 1.29 is 4.79 Å². The number of likely N-dealkylation sites (tertiary alicyclic amines) is 1. The molecule has 1 heterocycles. The Bertz CT molecular complexity index is 241. The fourth-order valence-electron chi connectivity index (χ4n) is 2.54. The van der Waals surface area contributed by atoms with Crippen LogP contribution in [0.1, 0.15) is 33.6 Å². The highest BCUT2D eigenvalue weighted by molar-refractivity contribution is 5.81. The third-order valence-electron chi connectivity index (χ3n) is 3.56. The van der Waals surface area contributed by atoms with Crippen LogP contribution in [0.5, 0.6) is 0 Å². The summed E-state index contributed by atoms with van der Waals surface area (Å²) in [5.74, 6) is 0.225. The molecule has 0 bridgehead atoms. The second-order valence-electron chi connectivity index (χ2n) is 5.00. The average Bonchev–Trinajstić information content (AvgIpc) is 2.30. The van der Waals surface area contributed by atoms with Crippen LogP contribution in [0.25, 0.3) is 0 Å². The molecule has 1 amide bonds. The van der Waals surface area contributed by atoms with Crippen molar-refractivity contribution in [3.05, 3.63) is 0 Å². The minimum absolute atomic E-state index is 0.0635. The van der Waals surface area contributed by atoms with Crippen LogP contribution in [0.4, 0.5) is 0 Å². The number of nitrogens with one attached hydrogen (secondary N) is 1. The second-order valence-corrected chi connectivity index (χ2v) is 5.00. The van der Waals surface area contributed by atoms with Crippen LogP contribution in [-0.2, 0) is 4.79 Å². The summed E-state index contributed by atoms with van der Waals surface area (Å²) >= 11 is 0. The van der Waals surface area contributed by atoms with Crippen molar-refractivity contribution in [3.63, 3.8) is 0 Å². The Morgan fingerprint density at radius 3 is 2.65 bits per heavy atom. The first kappa shape index (κ1) is 14.5. The largest absolute Gasteiger partial charge is 0.342 e. The van der Waals surface area contributed by atoms with E-state index in [1.165, 1.54) is 19.4 Å². The normalized spacial score (nSPS) is 23.4. The molecule has 17 heavy (non-hydrogen) atoms. The van der Waals surface area contributed by atoms with Gasteiger partial charge in [-0.25, -0.2) is 0 Å². The fourth-order valence-corrected chi connectivity index (χ4v) is 2.54. The van der Waals surface area contributed by atoms with Gasteiger partial charge in [-0.15, -0.1) is 0 Å². The highest BCUT2D eigenvalue weighted by Gasteiger charge is 2.23. The third-order valence-corrected chi connectivity index (χ3v) is 3.56. The zero-order chi connectivity index (χ0) is 12.8. The van der Waals surface area contributed by atoms with E-state index in [1.54, 1.807) is 0 Å². The van der Waals surface area contributed by atoms with Gasteiger partial charge in [0.2, 0.25) is 5.91 Å². The highest BCUT2D eigenvalue weighted by atomic mass is 16.2. The van der Waals surface area contributed by atoms with Crippen LogP contribution in [0, 0.1) is 0 Å². The Morgan fingerprint density at radius 1 is 1.47 bits per heavy atom. The van der Waals surface area contributed by atoms with Crippen molar-refractivity contribution in [3.8, 4) is 0 Å². The molecule has 100 valence electrons. The lowest BCUT2D eigenvalue weighted by atomic mass is 10.1. The maximum atomic E-state index is 12.1. The lowest BCUT2D eigenvalue weighted by Crippen LogP contribution is -2.52. The number of nitrogens with zero attached hydrogens (tertiary/aromatic N) is 2. The number of likely N-dealkylation sites (N-methyl/N-ethyl adjacent to an activating group) is 2. The molecule has 4 heteroatoms. The molecule has 0 aliphatic carbocycles. The van der Waals surface area contributed by atoms with Gasteiger partial charge in [0.05, 0.1) is 6.04 Å². The van der Waals surface area contributed by atoms with Crippen LogP contribution in [0.3, 0.4) is 0 Å². The van der Waals surface area contributed by atoms with Crippen molar-refractivity contribution in [2.45, 2.75) is 45.7 Å². The Morgan fingerprint density at radius 2 is 2.12 bits per heavy atom. The molecule has 0 aromatic carbocycles. The molecular weight excluding hydrogens is 214 g/mol. The smallest absolute Gasteiger partial charge is 0.239 e. The number of carbonyl (C=O) groups is 1. The summed E-state index contributed by atoms with van der Waals surface area (Å²) in [6.07, 6.45) is 2.40. The maximum Gasteiger partial charge on any atom is 0.239 e. The molecule has 0 saturated carbocycles. The second kappa shape index (κ2) is 6.97. The first-order valence-corrected chi connectivity index (χ1v) is 6.81. The van der Waals surface area contributed by atoms with E-state index >= 15 is 0 Å². The lowest BCUT2D eigenvalue weighted by Gasteiger charge is -2.33. The summed E-state index contributed by atoms with van der Waals surface area (Å²) in [4.78, 5) is 16.3. The molecule has 4 nitrogen and oxygen atoms in total. The summed E-state index contributed by atoms with van der Waals surface area (Å²) in [5.41, 5.74) is 0. The van der Waals surface area contributed by atoms with Crippen molar-refractivity contribution >= 4 is 5.91 Å². The lowest BCUT2D eigenvalue weighted by molar-refractivity contribution is -0.132. The Kier molecular flexibility index (Phi) is 5.92. The van der Waals surface area contributed by atoms with E-state index in [0.29, 0.717) is 6.04 Å². The van der Waals surface area contributed by atoms with Gasteiger partial charge < -0.3 is 15.1 Å². The summed E-state index contributed by atoms with van der Waals surface area (Å²) in [5, 5.41) is 3.47. The van der Waals surface area contributed by atoms with Crippen LogP contribution < -0.4 is 5.32 Å². The van der Waals surface area contributed by atoms with Gasteiger partial charge in [0.25, 0.3) is 0 Å². The molecule has 0 aromatic rings. The number of carbonyl (C=O) groups excluding carboxylic acids is 1. The third kappa shape index (κ3) is 4.28. The van der Waals surface area contributed by atoms with Crippen LogP contribution >= 0.6 is 0 Å². The molecule has 1 fully saturated rings. The van der Waals surface area contributed by atoms with E-state index in [0.717, 1.165) is 19.6 Å². The highest BCUT2D eigenvalue weighted by Crippen LogP contribution is 2.09. The van der Waals surface area contributed by atoms with Gasteiger partial charge in [-0.05, 0) is 47.2 Å². The fraction of sp³-hybridized carbons (Fsp3) is 0.923. The van der Waals surface area contributed by atoms with E-state index in [4.69, 9.17) is 0 Å². The van der Waals surface area contributed by atoms with Gasteiger partial charge in [-0.2, -0.15) is 0 Å². The van der Waals surface area contributed by atoms with Crippen molar-refractivity contribution in [1.82, 2.24) is 15.1 Å². The quantitative estimate of drug-likeness (QED) is 0.778. The molecule has 1 aliphatic heterocycles. The Balaban J connectivity index is 2.42. The van der Waals surface area contributed by atoms with Crippen LogP contribution in [0.2, 0.25) is 0 Å². The molecule has 1 saturated heterocycles. The number of amides is 1. The molecule has 1 rings (SSSR count). The van der Waals surface area contributed by atoms with Gasteiger partial charge in [-0.3, -0.25) is 4.79 Å². The zero-order valence-corrected chi connectivity index (χ0v) is 11.7. The van der Waals surface area contributed by atoms with E-state index in [9.17, 15) is 4.79 Å². The van der Waals surface area contributed by atoms with E-state index in [1.807, 2.05) is 25.7 Å². The standard InChI is InChI=1S/C13H27N3O/c1-5-16(6-2)13(17)11(3)14-12-8-7-9-15(4)10-12/h11-12,14H,5-10H2,1-4H3. The van der Waals surface area contributed by atoms with Crippen molar-refractivity contribution in [1.29, 1.82) is 0 Å². The molecule has 1 N–H and O–H groups in total. The first-order chi connectivity index (χ1) is 8.08. The van der Waals surface area contributed by atoms with Crippen LogP contribution in [0.15, 0.2) is 0 Å². The summed E-state index contributed by atoms with van der Waals surface area (Å²) in [6, 6.07) is 0.398. The van der Waals surface area contributed by atoms with Gasteiger partial charge in [0.15, 0.2) is 0 Å². The van der Waals surface area contributed by atoms with Gasteiger partial charge in [0, 0.05) is 25.7 Å². The van der Waals surface area contributed by atoms with E-state index in [-0.39, 0.29) is 11.9 Å². The summed E-state index contributed by atoms with van der Waals surface area (Å²) < 4.78 is 0. The SMILES string of the molecule is CCN(CC)C(=O)C(C)NC1CCCN(C)C1. The average molecular weight is 241 g/mol. The minimum Gasteiger partial charge on any atom is -0.342 e. The van der Waals surface area contributed by atoms with Crippen molar-refractivity contribution in [2.75, 3.05) is 33.2 Å². The molecule has 2 atom stereocenters. The predicted molar refractivity (Wildman–Crippen MR) is 71.0 cm³/mol. The minimum atomic E-state index is -0.0635. The van der Waals surface area contributed by atoms with Gasteiger partial charge >= 0.3 is 0 Å². The van der Waals surface area contributed by atoms with Gasteiger partial charge in [-0.1, -0.05) is 0 Å². The first-order valence-electron chi connectivity index (χ1n) is 6.81. The van der Waals surface area contributed by atoms with Gasteiger partial charge in [0.1, 0.15) is 0 Å². The number of rotatable bonds is 5. The number of piperidine rings is 1. The van der Waals surface area contributed by atoms with E-state index in [2.05, 4.69) is 17.3 Å². The Hall–Kier alpha value is -0.610. The van der Waals surface area contributed by atoms with Crippen molar-refractivity contribution in [2.24, 2.45) is 0 Å². The number of hydrogen-bond acceptors (Lipinski definition) is 3. The zero-order valence-electron chi connectivity index (χ0n) is 11.7. The molecular formula is C13H27N3O. The maximum absolute atomic E-state index is 12.1. The molecule has 0 spiro atoms. The molecule has 1 aliphatic rings. The topological polar surface area (TPSA) is 35.6 Å². The number of hydrogen-bond donors (Lipinski definition) is 1. The van der Waals surface area contributed by atoms with E-state index < -0.39 is 0 Å². The molecule has 2 unspecified atom stereocenters. The molecule has 0 aromatic heterocycles. The monoisotopic (exact) mass is 241 g/mol. The summed E-state index contributed by atoms with van der Waals surface area (Å²) in [6.45, 7) is 9.87. The molecule has 0 radical (unpaired) electrons. The predicted octanol–water partition coefficient (Wildman–Crippen LogP) is 0.927.